The average molecular weight is 327 g/mol. The van der Waals surface area contributed by atoms with Gasteiger partial charge >= 0.3 is 5.97 Å². The Kier molecular flexibility index (Phi) is 5.46. The van der Waals surface area contributed by atoms with Gasteiger partial charge in [-0.2, -0.15) is 0 Å². The summed E-state index contributed by atoms with van der Waals surface area (Å²) in [4.78, 5) is 13.2. The normalized spacial score (nSPS) is 15.8. The molecule has 0 atom stereocenters. The van der Waals surface area contributed by atoms with Crippen molar-refractivity contribution in [1.82, 2.24) is 4.90 Å². The van der Waals surface area contributed by atoms with Gasteiger partial charge in [-0.05, 0) is 22.9 Å². The summed E-state index contributed by atoms with van der Waals surface area (Å²) in [6.45, 7) is 4.77. The zero-order valence-electron chi connectivity index (χ0n) is 13.5. The van der Waals surface area contributed by atoms with E-state index in [-0.39, 0.29) is 0 Å². The minimum atomic E-state index is -0.970. The highest BCUT2D eigenvalue weighted by Crippen LogP contribution is 2.29. The predicted octanol–water partition coefficient (Wildman–Crippen LogP) is 2.65. The van der Waals surface area contributed by atoms with Crippen LogP contribution in [0.1, 0.15) is 5.56 Å². The number of benzene rings is 2. The van der Waals surface area contributed by atoms with E-state index in [2.05, 4.69) is 4.90 Å². The van der Waals surface area contributed by atoms with Crippen LogP contribution in [0.2, 0.25) is 0 Å². The first kappa shape index (κ1) is 16.5. The molecule has 0 bridgehead atoms. The molecule has 0 amide bonds. The number of rotatable bonds is 6. The Hall–Kier alpha value is -2.37. The van der Waals surface area contributed by atoms with Gasteiger partial charge in [-0.15, -0.1) is 0 Å². The molecule has 1 fully saturated rings. The van der Waals surface area contributed by atoms with Gasteiger partial charge in [0.15, 0.2) is 0 Å². The van der Waals surface area contributed by atoms with Crippen LogP contribution in [0.25, 0.3) is 16.8 Å². The number of carboxylic acid groups (broad SMARTS) is 1. The van der Waals surface area contributed by atoms with Gasteiger partial charge in [-0.1, -0.05) is 30.3 Å². The maximum absolute atomic E-state index is 10.9. The van der Waals surface area contributed by atoms with Crippen LogP contribution in [-0.4, -0.2) is 55.4 Å². The van der Waals surface area contributed by atoms with E-state index in [1.54, 1.807) is 6.08 Å². The third-order valence-corrected chi connectivity index (χ3v) is 4.09. The van der Waals surface area contributed by atoms with E-state index in [0.717, 1.165) is 55.3 Å². The molecule has 126 valence electrons. The maximum atomic E-state index is 10.9. The number of carboxylic acids is 1. The minimum Gasteiger partial charge on any atom is -0.492 e. The quantitative estimate of drug-likeness (QED) is 0.827. The molecule has 3 rings (SSSR count). The van der Waals surface area contributed by atoms with Crippen LogP contribution in [0.15, 0.2) is 42.5 Å². The summed E-state index contributed by atoms with van der Waals surface area (Å²) in [5, 5.41) is 11.0. The Morgan fingerprint density at radius 3 is 2.79 bits per heavy atom. The lowest BCUT2D eigenvalue weighted by molar-refractivity contribution is -0.131. The zero-order valence-corrected chi connectivity index (χ0v) is 13.5. The van der Waals surface area contributed by atoms with Gasteiger partial charge in [0, 0.05) is 31.3 Å². The molecule has 1 saturated heterocycles. The van der Waals surface area contributed by atoms with Crippen molar-refractivity contribution < 1.29 is 19.4 Å². The molecule has 1 aliphatic heterocycles. The molecule has 1 heterocycles. The van der Waals surface area contributed by atoms with Gasteiger partial charge in [0.05, 0.1) is 13.2 Å². The van der Waals surface area contributed by atoms with Gasteiger partial charge in [0.2, 0.25) is 0 Å². The van der Waals surface area contributed by atoms with E-state index in [4.69, 9.17) is 14.6 Å². The van der Waals surface area contributed by atoms with E-state index in [1.807, 2.05) is 36.4 Å². The fourth-order valence-electron chi connectivity index (χ4n) is 2.84. The number of aliphatic carboxylic acids is 1. The molecular weight excluding hydrogens is 306 g/mol. The summed E-state index contributed by atoms with van der Waals surface area (Å²) in [5.74, 6) is -0.262. The van der Waals surface area contributed by atoms with E-state index < -0.39 is 5.97 Å². The second kappa shape index (κ2) is 7.95. The largest absolute Gasteiger partial charge is 0.492 e. The monoisotopic (exact) mass is 327 g/mol. The molecular formula is C19H21NO4. The first-order chi connectivity index (χ1) is 11.7. The van der Waals surface area contributed by atoms with Gasteiger partial charge < -0.3 is 14.6 Å². The highest BCUT2D eigenvalue weighted by molar-refractivity contribution is 5.96. The Labute approximate surface area is 141 Å². The molecule has 1 N–H and O–H groups in total. The van der Waals surface area contributed by atoms with Crippen LogP contribution < -0.4 is 4.74 Å². The van der Waals surface area contributed by atoms with E-state index >= 15 is 0 Å². The molecule has 2 aromatic rings. The molecule has 0 radical (unpaired) electrons. The van der Waals surface area contributed by atoms with Gasteiger partial charge in [0.1, 0.15) is 12.4 Å². The predicted molar refractivity (Wildman–Crippen MR) is 93.4 cm³/mol. The van der Waals surface area contributed by atoms with Crippen molar-refractivity contribution in [3.8, 4) is 5.75 Å². The Morgan fingerprint density at radius 1 is 1.21 bits per heavy atom. The number of hydrogen-bond acceptors (Lipinski definition) is 4. The number of carbonyl (C=O) groups is 1. The number of morpholine rings is 1. The topological polar surface area (TPSA) is 59.0 Å². The van der Waals surface area contributed by atoms with Crippen molar-refractivity contribution in [3.63, 3.8) is 0 Å². The van der Waals surface area contributed by atoms with Crippen LogP contribution in [0.3, 0.4) is 0 Å². The lowest BCUT2D eigenvalue weighted by atomic mass is 10.0. The van der Waals surface area contributed by atoms with E-state index in [0.29, 0.717) is 12.4 Å². The lowest BCUT2D eigenvalue weighted by Crippen LogP contribution is -2.38. The van der Waals surface area contributed by atoms with Crippen molar-refractivity contribution in [1.29, 1.82) is 0 Å². The van der Waals surface area contributed by atoms with Gasteiger partial charge in [-0.25, -0.2) is 4.79 Å². The fraction of sp³-hybridized carbons (Fsp3) is 0.316. The third-order valence-electron chi connectivity index (χ3n) is 4.09. The Balaban J connectivity index is 1.78. The molecule has 2 aromatic carbocycles. The summed E-state index contributed by atoms with van der Waals surface area (Å²) < 4.78 is 11.3. The standard InChI is InChI=1S/C19H21NO4/c21-19(22)8-6-17-16-4-2-1-3-15(16)5-7-18(17)24-14-11-20-9-12-23-13-10-20/h1-8H,9-14H2,(H,21,22). The molecule has 5 nitrogen and oxygen atoms in total. The average Bonchev–Trinajstić information content (AvgIpc) is 2.61. The molecule has 5 heteroatoms. The fourth-order valence-corrected chi connectivity index (χ4v) is 2.84. The minimum absolute atomic E-state index is 0.562. The second-order valence-corrected chi connectivity index (χ2v) is 5.67. The smallest absolute Gasteiger partial charge is 0.328 e. The van der Waals surface area contributed by atoms with Crippen molar-refractivity contribution >= 4 is 22.8 Å². The van der Waals surface area contributed by atoms with Crippen molar-refractivity contribution in [2.45, 2.75) is 0 Å². The van der Waals surface area contributed by atoms with Gasteiger partial charge in [-0.3, -0.25) is 4.90 Å². The van der Waals surface area contributed by atoms with Crippen LogP contribution in [-0.2, 0) is 9.53 Å². The zero-order chi connectivity index (χ0) is 16.8. The SMILES string of the molecule is O=C(O)C=Cc1c(OCCN2CCOCC2)ccc2ccccc12. The highest BCUT2D eigenvalue weighted by Gasteiger charge is 2.11. The molecule has 0 aromatic heterocycles. The van der Waals surface area contributed by atoms with Crippen LogP contribution >= 0.6 is 0 Å². The first-order valence-electron chi connectivity index (χ1n) is 8.10. The number of fused-ring (bicyclic) bond motifs is 1. The van der Waals surface area contributed by atoms with E-state index in [1.165, 1.54) is 0 Å². The van der Waals surface area contributed by atoms with Crippen LogP contribution in [0.5, 0.6) is 5.75 Å². The summed E-state index contributed by atoms with van der Waals surface area (Å²) in [6, 6.07) is 11.8. The molecule has 0 unspecified atom stereocenters. The summed E-state index contributed by atoms with van der Waals surface area (Å²) in [6.07, 6.45) is 2.76. The summed E-state index contributed by atoms with van der Waals surface area (Å²) in [5.41, 5.74) is 0.803. The third kappa shape index (κ3) is 4.13. The van der Waals surface area contributed by atoms with Gasteiger partial charge in [0.25, 0.3) is 0 Å². The number of ether oxygens (including phenoxy) is 2. The second-order valence-electron chi connectivity index (χ2n) is 5.67. The number of nitrogens with zero attached hydrogens (tertiary/aromatic N) is 1. The summed E-state index contributed by atoms with van der Waals surface area (Å²) >= 11 is 0. The molecule has 0 spiro atoms. The highest BCUT2D eigenvalue weighted by atomic mass is 16.5. The lowest BCUT2D eigenvalue weighted by Gasteiger charge is -2.26. The molecule has 24 heavy (non-hydrogen) atoms. The van der Waals surface area contributed by atoms with Crippen molar-refractivity contribution in [3.05, 3.63) is 48.0 Å². The van der Waals surface area contributed by atoms with Crippen molar-refractivity contribution in [2.24, 2.45) is 0 Å². The number of hydrogen-bond donors (Lipinski definition) is 1. The maximum Gasteiger partial charge on any atom is 0.328 e. The molecule has 1 aliphatic rings. The van der Waals surface area contributed by atoms with E-state index in [9.17, 15) is 4.79 Å². The van der Waals surface area contributed by atoms with Crippen LogP contribution in [0, 0.1) is 0 Å². The Bertz CT molecular complexity index is 735. The Morgan fingerprint density at radius 2 is 2.00 bits per heavy atom. The summed E-state index contributed by atoms with van der Waals surface area (Å²) in [7, 11) is 0. The first-order valence-corrected chi connectivity index (χ1v) is 8.10. The van der Waals surface area contributed by atoms with Crippen LogP contribution in [0.4, 0.5) is 0 Å². The van der Waals surface area contributed by atoms with Crippen molar-refractivity contribution in [2.75, 3.05) is 39.5 Å². The molecule has 0 aliphatic carbocycles. The molecule has 0 saturated carbocycles.